The Balaban J connectivity index is 1.84. The van der Waals surface area contributed by atoms with E-state index in [2.05, 4.69) is 21.3 Å². The molecule has 4 N–H and O–H groups in total. The molecule has 16 nitrogen and oxygen atoms in total. The molecule has 0 saturated carbocycles. The van der Waals surface area contributed by atoms with Gasteiger partial charge in [0, 0.05) is 38.3 Å². The number of benzene rings is 4. The standard InChI is InChI=1S/C58H76F6N4O12/c1-53(2,3)77-49(69)65-17-13-21-73-45-30-41(31-46(35-45)74-22-14-18-66-50(70)78-54(4,5)6)38-25-37(40-28-43(57(59,60)61)34-44(29-40)58(62,63)64)26-39(27-38)42-32-47(75-23-15-19-67-51(71)79-55(7,8)9)36-48(33-42)76-24-16-20-68-52(72)80-56(10,11)12/h25-36H,13-24H2,1-12H3,(H,65,69)(H,66,70)(H,67,71)(H,68,72). The molecule has 0 unspecified atom stereocenters. The molecule has 0 radical (unpaired) electrons. The Bertz CT molecular complexity index is 2420. The molecule has 0 spiro atoms. The predicted octanol–water partition coefficient (Wildman–Crippen LogP) is 13.9. The van der Waals surface area contributed by atoms with E-state index < -0.39 is 75.8 Å². The van der Waals surface area contributed by atoms with E-state index in [1.54, 1.807) is 126 Å². The lowest BCUT2D eigenvalue weighted by Crippen LogP contribution is -2.33. The van der Waals surface area contributed by atoms with Gasteiger partial charge in [-0.15, -0.1) is 0 Å². The van der Waals surface area contributed by atoms with E-state index in [9.17, 15) is 45.5 Å². The Morgan fingerprint density at radius 3 is 0.750 bits per heavy atom. The van der Waals surface area contributed by atoms with Gasteiger partial charge in [0.15, 0.2) is 0 Å². The molecular formula is C58H76F6N4O12. The molecule has 22 heteroatoms. The molecule has 0 aromatic heterocycles. The predicted molar refractivity (Wildman–Crippen MR) is 290 cm³/mol. The quantitative estimate of drug-likeness (QED) is 0.0313. The Hall–Kier alpha value is -7.26. The summed E-state index contributed by atoms with van der Waals surface area (Å²) in [5.41, 5.74) is -4.96. The molecule has 4 aromatic carbocycles. The normalized spacial score (nSPS) is 12.2. The monoisotopic (exact) mass is 1130 g/mol. The van der Waals surface area contributed by atoms with E-state index in [0.717, 1.165) is 0 Å². The zero-order chi connectivity index (χ0) is 59.7. The number of nitrogens with one attached hydrogen (secondary N) is 4. The maximum Gasteiger partial charge on any atom is 0.416 e. The van der Waals surface area contributed by atoms with Crippen molar-refractivity contribution in [3.05, 3.63) is 83.9 Å². The van der Waals surface area contributed by atoms with Crippen LogP contribution in [0.4, 0.5) is 45.5 Å². The van der Waals surface area contributed by atoms with Gasteiger partial charge in [0.1, 0.15) is 45.4 Å². The second kappa shape index (κ2) is 28.2. The van der Waals surface area contributed by atoms with Crippen molar-refractivity contribution in [1.29, 1.82) is 0 Å². The largest absolute Gasteiger partial charge is 0.493 e. The van der Waals surface area contributed by atoms with Crippen LogP contribution in [-0.4, -0.2) is 99.4 Å². The minimum atomic E-state index is -5.15. The van der Waals surface area contributed by atoms with Gasteiger partial charge in [-0.1, -0.05) is 0 Å². The summed E-state index contributed by atoms with van der Waals surface area (Å²) in [6, 6.07) is 15.6. The van der Waals surface area contributed by atoms with Crippen molar-refractivity contribution in [2.75, 3.05) is 52.6 Å². The van der Waals surface area contributed by atoms with Crippen LogP contribution in [0.3, 0.4) is 0 Å². The maximum absolute atomic E-state index is 14.4. The van der Waals surface area contributed by atoms with E-state index in [1.165, 1.54) is 12.1 Å². The van der Waals surface area contributed by atoms with Crippen molar-refractivity contribution in [2.45, 2.75) is 144 Å². The van der Waals surface area contributed by atoms with Gasteiger partial charge in [-0.05, 0) is 203 Å². The average molecular weight is 1140 g/mol. The Morgan fingerprint density at radius 1 is 0.325 bits per heavy atom. The van der Waals surface area contributed by atoms with Crippen LogP contribution in [-0.2, 0) is 31.3 Å². The van der Waals surface area contributed by atoms with Gasteiger partial charge in [-0.25, -0.2) is 19.2 Å². The summed E-state index contributed by atoms with van der Waals surface area (Å²) in [4.78, 5) is 49.2. The van der Waals surface area contributed by atoms with Crippen LogP contribution in [0.5, 0.6) is 23.0 Å². The van der Waals surface area contributed by atoms with Gasteiger partial charge in [0.05, 0.1) is 37.6 Å². The molecule has 0 aliphatic rings. The molecule has 80 heavy (non-hydrogen) atoms. The van der Waals surface area contributed by atoms with Crippen molar-refractivity contribution in [3.8, 4) is 56.4 Å². The van der Waals surface area contributed by atoms with Crippen LogP contribution in [0.15, 0.2) is 72.8 Å². The summed E-state index contributed by atoms with van der Waals surface area (Å²) in [5.74, 6) is 1.06. The fraction of sp³-hybridized carbons (Fsp3) is 0.517. The number of rotatable bonds is 23. The fourth-order valence-corrected chi connectivity index (χ4v) is 7.13. The number of halogens is 6. The first-order valence-corrected chi connectivity index (χ1v) is 26.1. The number of hydrogen-bond donors (Lipinski definition) is 4. The van der Waals surface area contributed by atoms with Crippen LogP contribution in [0.1, 0.15) is 120 Å². The number of amides is 4. The van der Waals surface area contributed by atoms with E-state index in [-0.39, 0.29) is 87.2 Å². The van der Waals surface area contributed by atoms with E-state index in [0.29, 0.717) is 60.1 Å². The average Bonchev–Trinajstić information content (AvgIpc) is 3.30. The third-order valence-electron chi connectivity index (χ3n) is 10.3. The van der Waals surface area contributed by atoms with E-state index >= 15 is 0 Å². The highest BCUT2D eigenvalue weighted by atomic mass is 19.4. The molecule has 4 rings (SSSR count). The lowest BCUT2D eigenvalue weighted by Gasteiger charge is -2.20. The zero-order valence-electron chi connectivity index (χ0n) is 47.6. The number of alkyl halides is 6. The molecule has 0 aliphatic heterocycles. The molecule has 0 atom stereocenters. The summed E-state index contributed by atoms with van der Waals surface area (Å²) < 4.78 is 132. The van der Waals surface area contributed by atoms with Crippen molar-refractivity contribution >= 4 is 24.4 Å². The summed E-state index contributed by atoms with van der Waals surface area (Å²) in [6.45, 7) is 21.8. The first-order chi connectivity index (χ1) is 37.0. The smallest absolute Gasteiger partial charge is 0.416 e. The number of carbonyl (C=O) groups excluding carboxylic acids is 4. The Labute approximate surface area is 464 Å². The molecule has 4 aromatic rings. The molecule has 0 heterocycles. The third kappa shape index (κ3) is 25.2. The van der Waals surface area contributed by atoms with Crippen LogP contribution < -0.4 is 40.2 Å². The lowest BCUT2D eigenvalue weighted by molar-refractivity contribution is -0.143. The number of alkyl carbamates (subject to hydrolysis) is 4. The van der Waals surface area contributed by atoms with E-state index in [4.69, 9.17) is 37.9 Å². The molecule has 4 amide bonds. The maximum atomic E-state index is 14.4. The highest BCUT2D eigenvalue weighted by molar-refractivity contribution is 5.83. The molecule has 442 valence electrons. The third-order valence-corrected chi connectivity index (χ3v) is 10.3. The second-order valence-electron chi connectivity index (χ2n) is 22.5. The van der Waals surface area contributed by atoms with Gasteiger partial charge in [-0.2, -0.15) is 26.3 Å². The lowest BCUT2D eigenvalue weighted by atomic mass is 9.91. The summed E-state index contributed by atoms with van der Waals surface area (Å²) in [7, 11) is 0. The Morgan fingerprint density at radius 2 is 0.537 bits per heavy atom. The topological polar surface area (TPSA) is 190 Å². The van der Waals surface area contributed by atoms with Crippen molar-refractivity contribution in [3.63, 3.8) is 0 Å². The molecule has 0 fully saturated rings. The van der Waals surface area contributed by atoms with Gasteiger partial charge in [0.25, 0.3) is 0 Å². The van der Waals surface area contributed by atoms with Crippen LogP contribution >= 0.6 is 0 Å². The molecular weight excluding hydrogens is 1060 g/mol. The first kappa shape index (κ1) is 65.3. The van der Waals surface area contributed by atoms with Crippen molar-refractivity contribution in [2.24, 2.45) is 0 Å². The van der Waals surface area contributed by atoms with Crippen LogP contribution in [0.25, 0.3) is 33.4 Å². The minimum absolute atomic E-state index is 0.0282. The number of ether oxygens (including phenoxy) is 8. The number of hydrogen-bond acceptors (Lipinski definition) is 12. The minimum Gasteiger partial charge on any atom is -0.493 e. The second-order valence-corrected chi connectivity index (χ2v) is 22.5. The van der Waals surface area contributed by atoms with Crippen LogP contribution in [0, 0.1) is 0 Å². The van der Waals surface area contributed by atoms with Gasteiger partial charge in [0.2, 0.25) is 0 Å². The molecule has 0 saturated heterocycles. The van der Waals surface area contributed by atoms with Crippen molar-refractivity contribution in [1.82, 2.24) is 21.3 Å². The van der Waals surface area contributed by atoms with Gasteiger partial charge < -0.3 is 59.2 Å². The molecule has 0 bridgehead atoms. The summed E-state index contributed by atoms with van der Waals surface area (Å²) in [5, 5.41) is 10.7. The first-order valence-electron chi connectivity index (χ1n) is 26.1. The van der Waals surface area contributed by atoms with Gasteiger partial charge >= 0.3 is 36.7 Å². The van der Waals surface area contributed by atoms with E-state index in [1.807, 2.05) is 0 Å². The van der Waals surface area contributed by atoms with Crippen molar-refractivity contribution < 1.29 is 83.4 Å². The zero-order valence-corrected chi connectivity index (χ0v) is 47.6. The number of carbonyl (C=O) groups is 4. The SMILES string of the molecule is CC(C)(C)OC(=O)NCCCOc1cc(OCCCNC(=O)OC(C)(C)C)cc(-c2cc(-c3cc(OCCCNC(=O)OC(C)(C)C)cc(OCCCNC(=O)OC(C)(C)C)c3)cc(-c3cc(C(F)(F)F)cc(C(F)(F)F)c3)c2)c1. The summed E-state index contributed by atoms with van der Waals surface area (Å²) in [6.07, 6.45) is -11.5. The fourth-order valence-electron chi connectivity index (χ4n) is 7.13. The van der Waals surface area contributed by atoms with Crippen LogP contribution in [0.2, 0.25) is 0 Å². The van der Waals surface area contributed by atoms with Gasteiger partial charge in [-0.3, -0.25) is 0 Å². The highest BCUT2D eigenvalue weighted by Gasteiger charge is 2.37. The highest BCUT2D eigenvalue weighted by Crippen LogP contribution is 2.42. The Kier molecular flexibility index (Phi) is 23.0. The molecule has 0 aliphatic carbocycles. The summed E-state index contributed by atoms with van der Waals surface area (Å²) >= 11 is 0.